The van der Waals surface area contributed by atoms with E-state index in [1.165, 1.54) is 0 Å². The highest BCUT2D eigenvalue weighted by Crippen LogP contribution is 2.13. The maximum atomic E-state index is 10.8. The highest BCUT2D eigenvalue weighted by Gasteiger charge is 2.12. The molecule has 2 aromatic rings. The van der Waals surface area contributed by atoms with Gasteiger partial charge in [-0.2, -0.15) is 0 Å². The molecular weight excluding hydrogens is 256 g/mol. The van der Waals surface area contributed by atoms with Crippen molar-refractivity contribution in [2.75, 3.05) is 0 Å². The van der Waals surface area contributed by atoms with E-state index in [0.717, 1.165) is 17.0 Å². The molecule has 1 aromatic carbocycles. The van der Waals surface area contributed by atoms with Gasteiger partial charge in [0.2, 0.25) is 0 Å². The van der Waals surface area contributed by atoms with E-state index in [9.17, 15) is 4.79 Å². The highest BCUT2D eigenvalue weighted by molar-refractivity contribution is 5.70. The van der Waals surface area contributed by atoms with E-state index in [4.69, 9.17) is 5.11 Å². The molecule has 0 amide bonds. The first-order chi connectivity index (χ1) is 9.58. The number of hydrogen-bond donors (Lipinski definition) is 2. The fourth-order valence-corrected chi connectivity index (χ4v) is 2.10. The Balaban J connectivity index is 2.04. The molecule has 0 radical (unpaired) electrons. The van der Waals surface area contributed by atoms with Crippen LogP contribution >= 0.6 is 0 Å². The predicted molar refractivity (Wildman–Crippen MR) is 74.0 cm³/mol. The molecule has 0 aliphatic carbocycles. The SMILES string of the molecule is CC(NCc1ccccc1CC(=O)O)c1nncn1C. The quantitative estimate of drug-likeness (QED) is 0.829. The molecule has 20 heavy (non-hydrogen) atoms. The van der Waals surface area contributed by atoms with Crippen LogP contribution in [0.25, 0.3) is 0 Å². The first-order valence-corrected chi connectivity index (χ1v) is 6.43. The van der Waals surface area contributed by atoms with Gasteiger partial charge in [-0.1, -0.05) is 24.3 Å². The van der Waals surface area contributed by atoms with Gasteiger partial charge in [0.25, 0.3) is 0 Å². The minimum Gasteiger partial charge on any atom is -0.481 e. The Hall–Kier alpha value is -2.21. The molecule has 106 valence electrons. The molecular formula is C14H18N4O2. The lowest BCUT2D eigenvalue weighted by molar-refractivity contribution is -0.136. The second kappa shape index (κ2) is 6.29. The molecule has 0 spiro atoms. The van der Waals surface area contributed by atoms with Crippen molar-refractivity contribution in [1.29, 1.82) is 0 Å². The Morgan fingerprint density at radius 2 is 2.10 bits per heavy atom. The number of aryl methyl sites for hydroxylation is 1. The second-order valence-electron chi connectivity index (χ2n) is 4.74. The summed E-state index contributed by atoms with van der Waals surface area (Å²) in [5, 5.41) is 20.2. The van der Waals surface area contributed by atoms with Gasteiger partial charge in [0.05, 0.1) is 12.5 Å². The van der Waals surface area contributed by atoms with Crippen molar-refractivity contribution < 1.29 is 9.90 Å². The molecule has 1 unspecified atom stereocenters. The van der Waals surface area contributed by atoms with Crippen LogP contribution in [0.1, 0.15) is 29.9 Å². The van der Waals surface area contributed by atoms with Crippen LogP contribution in [0.4, 0.5) is 0 Å². The average Bonchev–Trinajstić information content (AvgIpc) is 2.83. The van der Waals surface area contributed by atoms with E-state index in [-0.39, 0.29) is 12.5 Å². The summed E-state index contributed by atoms with van der Waals surface area (Å²) < 4.78 is 1.86. The molecule has 1 aromatic heterocycles. The molecule has 0 bridgehead atoms. The number of nitrogens with zero attached hydrogens (tertiary/aromatic N) is 3. The summed E-state index contributed by atoms with van der Waals surface area (Å²) in [5.41, 5.74) is 1.82. The molecule has 2 rings (SSSR count). The number of hydrogen-bond acceptors (Lipinski definition) is 4. The maximum Gasteiger partial charge on any atom is 0.307 e. The molecule has 2 N–H and O–H groups in total. The van der Waals surface area contributed by atoms with E-state index in [2.05, 4.69) is 15.5 Å². The topological polar surface area (TPSA) is 80.0 Å². The number of rotatable bonds is 6. The van der Waals surface area contributed by atoms with E-state index in [1.807, 2.05) is 42.8 Å². The van der Waals surface area contributed by atoms with Crippen molar-refractivity contribution in [3.05, 3.63) is 47.5 Å². The van der Waals surface area contributed by atoms with Crippen LogP contribution in [0.3, 0.4) is 0 Å². The van der Waals surface area contributed by atoms with Crippen LogP contribution in [0, 0.1) is 0 Å². The second-order valence-corrected chi connectivity index (χ2v) is 4.74. The van der Waals surface area contributed by atoms with Gasteiger partial charge in [-0.25, -0.2) is 0 Å². The summed E-state index contributed by atoms with van der Waals surface area (Å²) in [6.45, 7) is 2.60. The van der Waals surface area contributed by atoms with Crippen molar-refractivity contribution in [3.8, 4) is 0 Å². The number of carboxylic acid groups (broad SMARTS) is 1. The Morgan fingerprint density at radius 1 is 1.40 bits per heavy atom. The number of carbonyl (C=O) groups is 1. The molecule has 0 fully saturated rings. The van der Waals surface area contributed by atoms with E-state index in [0.29, 0.717) is 6.54 Å². The van der Waals surface area contributed by atoms with Gasteiger partial charge in [0, 0.05) is 13.6 Å². The number of benzene rings is 1. The van der Waals surface area contributed by atoms with Crippen molar-refractivity contribution in [3.63, 3.8) is 0 Å². The summed E-state index contributed by atoms with van der Waals surface area (Å²) >= 11 is 0. The number of aromatic nitrogens is 3. The van der Waals surface area contributed by atoms with Crippen LogP contribution in [0.15, 0.2) is 30.6 Å². The van der Waals surface area contributed by atoms with Gasteiger partial charge in [-0.05, 0) is 18.1 Å². The molecule has 6 heteroatoms. The van der Waals surface area contributed by atoms with Gasteiger partial charge in [0.1, 0.15) is 12.2 Å². The number of nitrogens with one attached hydrogen (secondary N) is 1. The first-order valence-electron chi connectivity index (χ1n) is 6.43. The Bertz CT molecular complexity index is 594. The fraction of sp³-hybridized carbons (Fsp3) is 0.357. The Kier molecular flexibility index (Phi) is 4.47. The zero-order chi connectivity index (χ0) is 14.5. The van der Waals surface area contributed by atoms with Gasteiger partial charge in [0.15, 0.2) is 0 Å². The van der Waals surface area contributed by atoms with Gasteiger partial charge in [-0.3, -0.25) is 4.79 Å². The van der Waals surface area contributed by atoms with Crippen molar-refractivity contribution in [2.24, 2.45) is 7.05 Å². The fourth-order valence-electron chi connectivity index (χ4n) is 2.10. The molecule has 0 aliphatic rings. The van der Waals surface area contributed by atoms with Crippen molar-refractivity contribution in [1.82, 2.24) is 20.1 Å². The maximum absolute atomic E-state index is 10.8. The zero-order valence-corrected chi connectivity index (χ0v) is 11.6. The lowest BCUT2D eigenvalue weighted by atomic mass is 10.0. The smallest absolute Gasteiger partial charge is 0.307 e. The van der Waals surface area contributed by atoms with Crippen LogP contribution in [0.5, 0.6) is 0 Å². The van der Waals surface area contributed by atoms with Crippen LogP contribution in [0.2, 0.25) is 0 Å². The third kappa shape index (κ3) is 3.42. The van der Waals surface area contributed by atoms with E-state index < -0.39 is 5.97 Å². The molecule has 6 nitrogen and oxygen atoms in total. The van der Waals surface area contributed by atoms with Crippen molar-refractivity contribution in [2.45, 2.75) is 25.9 Å². The lowest BCUT2D eigenvalue weighted by Gasteiger charge is -2.14. The van der Waals surface area contributed by atoms with Gasteiger partial charge >= 0.3 is 5.97 Å². The van der Waals surface area contributed by atoms with Crippen molar-refractivity contribution >= 4 is 5.97 Å². The van der Waals surface area contributed by atoms with Crippen LogP contribution in [-0.4, -0.2) is 25.8 Å². The molecule has 0 saturated heterocycles. The zero-order valence-electron chi connectivity index (χ0n) is 11.6. The largest absolute Gasteiger partial charge is 0.481 e. The van der Waals surface area contributed by atoms with E-state index in [1.54, 1.807) is 6.33 Å². The minimum absolute atomic E-state index is 0.0379. The number of carboxylic acids is 1. The third-order valence-corrected chi connectivity index (χ3v) is 3.19. The molecule has 0 saturated carbocycles. The third-order valence-electron chi connectivity index (χ3n) is 3.19. The summed E-state index contributed by atoms with van der Waals surface area (Å²) in [6, 6.07) is 7.59. The van der Waals surface area contributed by atoms with Gasteiger partial charge in [-0.15, -0.1) is 10.2 Å². The Morgan fingerprint density at radius 3 is 2.70 bits per heavy atom. The summed E-state index contributed by atoms with van der Waals surface area (Å²) in [4.78, 5) is 10.8. The highest BCUT2D eigenvalue weighted by atomic mass is 16.4. The monoisotopic (exact) mass is 274 g/mol. The summed E-state index contributed by atoms with van der Waals surface area (Å²) in [6.07, 6.45) is 1.70. The normalized spacial score (nSPS) is 12.3. The average molecular weight is 274 g/mol. The lowest BCUT2D eigenvalue weighted by Crippen LogP contribution is -2.22. The standard InChI is InChI=1S/C14H18N4O2/c1-10(14-17-16-9-18(14)2)15-8-12-6-4-3-5-11(12)7-13(19)20/h3-6,9-10,15H,7-8H2,1-2H3,(H,19,20). The number of aliphatic carboxylic acids is 1. The Labute approximate surface area is 117 Å². The first kappa shape index (κ1) is 14.2. The van der Waals surface area contributed by atoms with Gasteiger partial charge < -0.3 is 15.0 Å². The summed E-state index contributed by atoms with van der Waals surface area (Å²) in [7, 11) is 1.89. The van der Waals surface area contributed by atoms with Crippen LogP contribution < -0.4 is 5.32 Å². The minimum atomic E-state index is -0.821. The summed E-state index contributed by atoms with van der Waals surface area (Å²) in [5.74, 6) is 0.0273. The molecule has 1 atom stereocenters. The van der Waals surface area contributed by atoms with E-state index >= 15 is 0 Å². The van der Waals surface area contributed by atoms with Crippen LogP contribution in [-0.2, 0) is 24.8 Å². The molecule has 1 heterocycles. The molecule has 0 aliphatic heterocycles. The predicted octanol–water partition coefficient (Wildman–Crippen LogP) is 1.29.